The van der Waals surface area contributed by atoms with Gasteiger partial charge >= 0.3 is 12.1 Å². The van der Waals surface area contributed by atoms with Crippen molar-refractivity contribution in [2.45, 2.75) is 38.1 Å². The van der Waals surface area contributed by atoms with Crippen LogP contribution in [0.1, 0.15) is 32.6 Å². The minimum absolute atomic E-state index is 0.106. The molecule has 1 saturated carbocycles. The van der Waals surface area contributed by atoms with Crippen molar-refractivity contribution < 1.29 is 19.1 Å². The van der Waals surface area contributed by atoms with Crippen LogP contribution in [0.2, 0.25) is 0 Å². The summed E-state index contributed by atoms with van der Waals surface area (Å²) in [5.41, 5.74) is -0.929. The van der Waals surface area contributed by atoms with Gasteiger partial charge in [0.1, 0.15) is 5.54 Å². The zero-order valence-electron chi connectivity index (χ0n) is 9.95. The summed E-state index contributed by atoms with van der Waals surface area (Å²) in [7, 11) is 0. The summed E-state index contributed by atoms with van der Waals surface area (Å²) < 4.78 is 9.70. The number of esters is 1. The molecule has 0 radical (unpaired) electrons. The van der Waals surface area contributed by atoms with Crippen LogP contribution in [0.25, 0.3) is 0 Å². The highest BCUT2D eigenvalue weighted by Crippen LogP contribution is 2.31. The Morgan fingerprint density at radius 3 is 2.53 bits per heavy atom. The van der Waals surface area contributed by atoms with Crippen molar-refractivity contribution in [3.05, 3.63) is 0 Å². The minimum Gasteiger partial charge on any atom is -0.464 e. The van der Waals surface area contributed by atoms with Gasteiger partial charge in [0.05, 0.1) is 6.61 Å². The molecule has 0 aromatic carbocycles. The largest absolute Gasteiger partial charge is 0.464 e. The third-order valence-corrected chi connectivity index (χ3v) is 2.75. The summed E-state index contributed by atoms with van der Waals surface area (Å²) in [6.07, 6.45) is 7.24. The van der Waals surface area contributed by atoms with Crippen LogP contribution in [0.4, 0.5) is 4.79 Å². The van der Waals surface area contributed by atoms with Gasteiger partial charge in [-0.3, -0.25) is 0 Å². The molecule has 17 heavy (non-hydrogen) atoms. The fourth-order valence-corrected chi connectivity index (χ4v) is 1.97. The average molecular weight is 239 g/mol. The first kappa shape index (κ1) is 13.4. The van der Waals surface area contributed by atoms with Gasteiger partial charge in [-0.1, -0.05) is 18.8 Å². The van der Waals surface area contributed by atoms with Gasteiger partial charge < -0.3 is 14.8 Å². The standard InChI is InChI=1S/C12H17NO4/c1-3-9-17-11(15)13-12(7-5-6-8-12)10(14)16-4-2/h1H,4-9H2,2H3,(H,13,15). The van der Waals surface area contributed by atoms with E-state index in [4.69, 9.17) is 15.9 Å². The Morgan fingerprint density at radius 2 is 2.00 bits per heavy atom. The number of carbonyl (C=O) groups is 2. The second-order valence-electron chi connectivity index (χ2n) is 3.91. The Labute approximate surface area is 101 Å². The van der Waals surface area contributed by atoms with Crippen molar-refractivity contribution in [1.82, 2.24) is 5.32 Å². The number of amides is 1. The maximum Gasteiger partial charge on any atom is 0.409 e. The van der Waals surface area contributed by atoms with Crippen LogP contribution in [-0.2, 0) is 14.3 Å². The Balaban J connectivity index is 2.62. The maximum absolute atomic E-state index is 11.8. The predicted molar refractivity (Wildman–Crippen MR) is 61.1 cm³/mol. The smallest absolute Gasteiger partial charge is 0.409 e. The van der Waals surface area contributed by atoms with Gasteiger partial charge in [-0.05, 0) is 19.8 Å². The predicted octanol–water partition coefficient (Wildman–Crippen LogP) is 1.22. The van der Waals surface area contributed by atoms with Gasteiger partial charge in [-0.15, -0.1) is 6.42 Å². The van der Waals surface area contributed by atoms with E-state index in [1.54, 1.807) is 6.92 Å². The molecule has 0 bridgehead atoms. The lowest BCUT2D eigenvalue weighted by atomic mass is 9.98. The molecule has 0 spiro atoms. The van der Waals surface area contributed by atoms with Crippen LogP contribution in [0.3, 0.4) is 0 Å². The fourth-order valence-electron chi connectivity index (χ4n) is 1.97. The Morgan fingerprint density at radius 1 is 1.35 bits per heavy atom. The van der Waals surface area contributed by atoms with Gasteiger partial charge in [-0.2, -0.15) is 0 Å². The second kappa shape index (κ2) is 6.14. The monoisotopic (exact) mass is 239 g/mol. The van der Waals surface area contributed by atoms with E-state index in [-0.39, 0.29) is 6.61 Å². The van der Waals surface area contributed by atoms with E-state index in [0.29, 0.717) is 19.4 Å². The SMILES string of the molecule is C#CCOC(=O)NC1(C(=O)OCC)CCCC1. The van der Waals surface area contributed by atoms with E-state index in [0.717, 1.165) is 12.8 Å². The summed E-state index contributed by atoms with van der Waals surface area (Å²) >= 11 is 0. The van der Waals surface area contributed by atoms with E-state index in [2.05, 4.69) is 11.2 Å². The maximum atomic E-state index is 11.8. The van der Waals surface area contributed by atoms with Crippen molar-refractivity contribution in [1.29, 1.82) is 0 Å². The molecule has 1 amide bonds. The molecule has 94 valence electrons. The van der Waals surface area contributed by atoms with E-state index >= 15 is 0 Å². The summed E-state index contributed by atoms with van der Waals surface area (Å²) in [5, 5.41) is 2.58. The minimum atomic E-state index is -0.929. The summed E-state index contributed by atoms with van der Waals surface area (Å²) in [6.45, 7) is 1.92. The van der Waals surface area contributed by atoms with E-state index < -0.39 is 17.6 Å². The zero-order chi connectivity index (χ0) is 12.7. The van der Waals surface area contributed by atoms with Crippen molar-refractivity contribution >= 4 is 12.1 Å². The highest BCUT2D eigenvalue weighted by molar-refractivity contribution is 5.86. The number of ether oxygens (including phenoxy) is 2. The van der Waals surface area contributed by atoms with E-state index in [9.17, 15) is 9.59 Å². The molecule has 0 atom stereocenters. The molecular formula is C12H17NO4. The zero-order valence-corrected chi connectivity index (χ0v) is 9.95. The summed E-state index contributed by atoms with van der Waals surface area (Å²) in [5.74, 6) is 1.80. The van der Waals surface area contributed by atoms with Gasteiger partial charge in [0.15, 0.2) is 6.61 Å². The molecule has 0 heterocycles. The number of alkyl carbamates (subject to hydrolysis) is 1. The average Bonchev–Trinajstić information content (AvgIpc) is 2.76. The number of terminal acetylenes is 1. The Hall–Kier alpha value is -1.70. The van der Waals surface area contributed by atoms with Gasteiger partial charge in [0.25, 0.3) is 0 Å². The fraction of sp³-hybridized carbons (Fsp3) is 0.667. The lowest BCUT2D eigenvalue weighted by molar-refractivity contribution is -0.150. The lowest BCUT2D eigenvalue weighted by Gasteiger charge is -2.26. The van der Waals surface area contributed by atoms with Crippen LogP contribution >= 0.6 is 0 Å². The van der Waals surface area contributed by atoms with Crippen molar-refractivity contribution in [3.63, 3.8) is 0 Å². The van der Waals surface area contributed by atoms with Crippen LogP contribution in [-0.4, -0.2) is 30.8 Å². The van der Waals surface area contributed by atoms with Gasteiger partial charge in [0.2, 0.25) is 0 Å². The van der Waals surface area contributed by atoms with Gasteiger partial charge in [-0.25, -0.2) is 9.59 Å². The van der Waals surface area contributed by atoms with Crippen molar-refractivity contribution in [2.24, 2.45) is 0 Å². The summed E-state index contributed by atoms with van der Waals surface area (Å²) in [6, 6.07) is 0. The molecule has 0 aromatic rings. The molecular weight excluding hydrogens is 222 g/mol. The highest BCUT2D eigenvalue weighted by Gasteiger charge is 2.44. The van der Waals surface area contributed by atoms with Crippen molar-refractivity contribution in [2.75, 3.05) is 13.2 Å². The summed E-state index contributed by atoms with van der Waals surface area (Å²) in [4.78, 5) is 23.3. The molecule has 1 aliphatic carbocycles. The third-order valence-electron chi connectivity index (χ3n) is 2.75. The first-order chi connectivity index (χ1) is 8.14. The quantitative estimate of drug-likeness (QED) is 0.592. The normalized spacial score (nSPS) is 16.9. The first-order valence-electron chi connectivity index (χ1n) is 5.70. The molecule has 1 rings (SSSR count). The Kier molecular flexibility index (Phi) is 4.83. The third kappa shape index (κ3) is 3.38. The number of nitrogens with one attached hydrogen (secondary N) is 1. The topological polar surface area (TPSA) is 64.6 Å². The highest BCUT2D eigenvalue weighted by atomic mass is 16.6. The number of carbonyl (C=O) groups excluding carboxylic acids is 2. The lowest BCUT2D eigenvalue weighted by Crippen LogP contribution is -2.53. The van der Waals surface area contributed by atoms with E-state index in [1.807, 2.05) is 0 Å². The number of rotatable bonds is 4. The van der Waals surface area contributed by atoms with Crippen LogP contribution in [0.5, 0.6) is 0 Å². The first-order valence-corrected chi connectivity index (χ1v) is 5.70. The molecule has 1 N–H and O–H groups in total. The second-order valence-corrected chi connectivity index (χ2v) is 3.91. The molecule has 0 unspecified atom stereocenters. The Bertz CT molecular complexity index is 326. The van der Waals surface area contributed by atoms with Crippen LogP contribution in [0, 0.1) is 12.3 Å². The molecule has 1 aliphatic rings. The number of hydrogen-bond acceptors (Lipinski definition) is 4. The molecule has 1 fully saturated rings. The molecule has 0 aliphatic heterocycles. The molecule has 5 heteroatoms. The van der Waals surface area contributed by atoms with Gasteiger partial charge in [0, 0.05) is 0 Å². The number of hydrogen-bond donors (Lipinski definition) is 1. The van der Waals surface area contributed by atoms with Crippen LogP contribution < -0.4 is 5.32 Å². The molecule has 0 aromatic heterocycles. The van der Waals surface area contributed by atoms with E-state index in [1.165, 1.54) is 0 Å². The molecule has 5 nitrogen and oxygen atoms in total. The van der Waals surface area contributed by atoms with Crippen LogP contribution in [0.15, 0.2) is 0 Å². The van der Waals surface area contributed by atoms with Crippen molar-refractivity contribution in [3.8, 4) is 12.3 Å². The molecule has 0 saturated heterocycles.